The van der Waals surface area contributed by atoms with E-state index in [4.69, 9.17) is 0 Å². The molecule has 0 radical (unpaired) electrons. The number of pyridine rings is 1. The van der Waals surface area contributed by atoms with Crippen molar-refractivity contribution in [2.75, 3.05) is 25.0 Å². The van der Waals surface area contributed by atoms with Gasteiger partial charge in [-0.15, -0.1) is 0 Å². The average Bonchev–Trinajstić information content (AvgIpc) is 3.23. The quantitative estimate of drug-likeness (QED) is 0.697. The van der Waals surface area contributed by atoms with E-state index in [0.717, 1.165) is 49.5 Å². The minimum absolute atomic E-state index is 0.0870. The van der Waals surface area contributed by atoms with Crippen LogP contribution in [0.4, 0.5) is 5.82 Å². The molecule has 6 nitrogen and oxygen atoms in total. The Hall–Kier alpha value is -3.15. The molecule has 0 saturated carbocycles. The fourth-order valence-corrected chi connectivity index (χ4v) is 3.73. The van der Waals surface area contributed by atoms with Gasteiger partial charge < -0.3 is 10.2 Å². The lowest BCUT2D eigenvalue weighted by Crippen LogP contribution is -2.39. The number of amides is 1. The normalized spacial score (nSPS) is 16.6. The summed E-state index contributed by atoms with van der Waals surface area (Å²) in [6.45, 7) is 4.65. The van der Waals surface area contributed by atoms with Crippen LogP contribution in [0.15, 0.2) is 61.1 Å². The number of nitrogens with zero attached hydrogens (tertiary/aromatic N) is 4. The first-order chi connectivity index (χ1) is 14.2. The van der Waals surface area contributed by atoms with Crippen LogP contribution in [0.2, 0.25) is 0 Å². The second kappa shape index (κ2) is 8.90. The first-order valence-corrected chi connectivity index (χ1v) is 10.3. The van der Waals surface area contributed by atoms with Crippen molar-refractivity contribution in [3.8, 4) is 5.69 Å². The Morgan fingerprint density at radius 3 is 2.79 bits per heavy atom. The summed E-state index contributed by atoms with van der Waals surface area (Å²) in [7, 11) is 0. The Labute approximate surface area is 171 Å². The molecule has 1 aliphatic rings. The topological polar surface area (TPSA) is 63.1 Å². The van der Waals surface area contributed by atoms with Gasteiger partial charge in [-0.05, 0) is 55.0 Å². The highest BCUT2D eigenvalue weighted by Crippen LogP contribution is 2.18. The first-order valence-electron chi connectivity index (χ1n) is 10.3. The summed E-state index contributed by atoms with van der Waals surface area (Å²) in [5.74, 6) is 1.45. The van der Waals surface area contributed by atoms with Gasteiger partial charge in [0.15, 0.2) is 0 Å². The van der Waals surface area contributed by atoms with Crippen molar-refractivity contribution >= 4 is 11.7 Å². The number of likely N-dealkylation sites (tertiary alicyclic amines) is 1. The largest absolute Gasteiger partial charge is 0.370 e. The van der Waals surface area contributed by atoms with Crippen LogP contribution >= 0.6 is 0 Å². The van der Waals surface area contributed by atoms with E-state index in [1.54, 1.807) is 6.20 Å². The van der Waals surface area contributed by atoms with Crippen LogP contribution in [-0.4, -0.2) is 45.2 Å². The summed E-state index contributed by atoms with van der Waals surface area (Å²) in [6.07, 6.45) is 8.75. The highest BCUT2D eigenvalue weighted by Gasteiger charge is 2.22. The van der Waals surface area contributed by atoms with Gasteiger partial charge in [-0.25, -0.2) is 9.67 Å². The zero-order valence-corrected chi connectivity index (χ0v) is 16.8. The van der Waals surface area contributed by atoms with E-state index in [9.17, 15) is 4.79 Å². The van der Waals surface area contributed by atoms with Gasteiger partial charge in [-0.3, -0.25) is 4.79 Å². The molecule has 3 aromatic rings. The first kappa shape index (κ1) is 19.2. The molecule has 1 aliphatic heterocycles. The van der Waals surface area contributed by atoms with E-state index in [2.05, 4.69) is 22.3 Å². The molecule has 2 aromatic heterocycles. The lowest BCUT2D eigenvalue weighted by molar-refractivity contribution is 0.0682. The van der Waals surface area contributed by atoms with Gasteiger partial charge >= 0.3 is 0 Å². The molecular weight excluding hydrogens is 362 g/mol. The van der Waals surface area contributed by atoms with E-state index in [0.29, 0.717) is 11.5 Å². The Bertz CT molecular complexity index is 935. The zero-order valence-electron chi connectivity index (χ0n) is 16.8. The van der Waals surface area contributed by atoms with Crippen molar-refractivity contribution in [2.45, 2.75) is 26.2 Å². The minimum Gasteiger partial charge on any atom is -0.370 e. The van der Waals surface area contributed by atoms with Crippen molar-refractivity contribution in [1.29, 1.82) is 0 Å². The van der Waals surface area contributed by atoms with E-state index < -0.39 is 0 Å². The average molecular weight is 390 g/mol. The van der Waals surface area contributed by atoms with E-state index in [1.807, 2.05) is 64.4 Å². The molecule has 1 fully saturated rings. The van der Waals surface area contributed by atoms with Gasteiger partial charge in [0.2, 0.25) is 0 Å². The Balaban J connectivity index is 1.28. The van der Waals surface area contributed by atoms with E-state index >= 15 is 0 Å². The molecule has 0 unspecified atom stereocenters. The van der Waals surface area contributed by atoms with Crippen molar-refractivity contribution < 1.29 is 4.79 Å². The number of hydrogen-bond acceptors (Lipinski definition) is 4. The third-order valence-corrected chi connectivity index (χ3v) is 5.33. The number of aromatic nitrogens is 3. The van der Waals surface area contributed by atoms with Crippen LogP contribution < -0.4 is 5.32 Å². The summed E-state index contributed by atoms with van der Waals surface area (Å²) in [5, 5.41) is 7.75. The summed E-state index contributed by atoms with van der Waals surface area (Å²) in [5.41, 5.74) is 2.87. The number of carbonyl (C=O) groups is 1. The lowest BCUT2D eigenvalue weighted by Gasteiger charge is -2.30. The highest BCUT2D eigenvalue weighted by atomic mass is 16.2. The maximum atomic E-state index is 12.6. The highest BCUT2D eigenvalue weighted by molar-refractivity contribution is 5.94. The summed E-state index contributed by atoms with van der Waals surface area (Å²) in [6, 6.07) is 13.8. The van der Waals surface area contributed by atoms with Crippen LogP contribution in [0.3, 0.4) is 0 Å². The minimum atomic E-state index is 0.0870. The molecule has 1 N–H and O–H groups in total. The van der Waals surface area contributed by atoms with Gasteiger partial charge in [0.05, 0.1) is 17.4 Å². The molecule has 3 heterocycles. The fraction of sp³-hybridized carbons (Fsp3) is 0.348. The Morgan fingerprint density at radius 1 is 1.17 bits per heavy atom. The number of piperidine rings is 1. The SMILES string of the molecule is C[C@@H]1CCCN(C(=O)c2ccc(NCCc3cnn(-c4ccccc4)c3)nc2)C1. The monoisotopic (exact) mass is 389 g/mol. The number of nitrogens with one attached hydrogen (secondary N) is 1. The second-order valence-corrected chi connectivity index (χ2v) is 7.74. The summed E-state index contributed by atoms with van der Waals surface area (Å²) >= 11 is 0. The predicted octanol–water partition coefficient (Wildman–Crippen LogP) is 3.79. The maximum Gasteiger partial charge on any atom is 0.255 e. The molecule has 0 bridgehead atoms. The lowest BCUT2D eigenvalue weighted by atomic mass is 10.00. The predicted molar refractivity (Wildman–Crippen MR) is 114 cm³/mol. The molecule has 1 amide bonds. The van der Waals surface area contributed by atoms with Crippen molar-refractivity contribution in [1.82, 2.24) is 19.7 Å². The standard InChI is InChI=1S/C23H27N5O/c1-18-6-5-13-27(16-18)23(29)20-9-10-22(25-15-20)24-12-11-19-14-26-28(17-19)21-7-3-2-4-8-21/h2-4,7-10,14-15,17-18H,5-6,11-13,16H2,1H3,(H,24,25)/t18-/m1/s1. The zero-order chi connectivity index (χ0) is 20.1. The van der Waals surface area contributed by atoms with Crippen molar-refractivity contribution in [2.24, 2.45) is 5.92 Å². The number of benzene rings is 1. The van der Waals surface area contributed by atoms with Crippen molar-refractivity contribution in [3.63, 3.8) is 0 Å². The summed E-state index contributed by atoms with van der Waals surface area (Å²) < 4.78 is 1.88. The van der Waals surface area contributed by atoms with Gasteiger partial charge in [0.1, 0.15) is 5.82 Å². The number of carbonyl (C=O) groups excluding carboxylic acids is 1. The second-order valence-electron chi connectivity index (χ2n) is 7.74. The van der Waals surface area contributed by atoms with Gasteiger partial charge in [0, 0.05) is 32.0 Å². The molecule has 0 aliphatic carbocycles. The third kappa shape index (κ3) is 4.83. The van der Waals surface area contributed by atoms with Gasteiger partial charge in [-0.2, -0.15) is 5.10 Å². The van der Waals surface area contributed by atoms with Crippen LogP contribution in [0.25, 0.3) is 5.69 Å². The molecule has 4 rings (SSSR count). The van der Waals surface area contributed by atoms with Crippen LogP contribution in [-0.2, 0) is 6.42 Å². The number of anilines is 1. The summed E-state index contributed by atoms with van der Waals surface area (Å²) in [4.78, 5) is 19.0. The molecule has 1 aromatic carbocycles. The Morgan fingerprint density at radius 2 is 2.03 bits per heavy atom. The van der Waals surface area contributed by atoms with Crippen LogP contribution in [0, 0.1) is 5.92 Å². The van der Waals surface area contributed by atoms with Crippen LogP contribution in [0.5, 0.6) is 0 Å². The van der Waals surface area contributed by atoms with Gasteiger partial charge in [-0.1, -0.05) is 25.1 Å². The maximum absolute atomic E-state index is 12.6. The number of para-hydroxylation sites is 1. The molecular formula is C23H27N5O. The molecule has 6 heteroatoms. The van der Waals surface area contributed by atoms with Crippen LogP contribution in [0.1, 0.15) is 35.7 Å². The van der Waals surface area contributed by atoms with Crippen molar-refractivity contribution in [3.05, 3.63) is 72.2 Å². The smallest absolute Gasteiger partial charge is 0.255 e. The molecule has 0 spiro atoms. The molecule has 29 heavy (non-hydrogen) atoms. The molecule has 150 valence electrons. The number of rotatable bonds is 6. The van der Waals surface area contributed by atoms with E-state index in [-0.39, 0.29) is 5.91 Å². The van der Waals surface area contributed by atoms with Gasteiger partial charge in [0.25, 0.3) is 5.91 Å². The van der Waals surface area contributed by atoms with E-state index in [1.165, 1.54) is 6.42 Å². The number of hydrogen-bond donors (Lipinski definition) is 1. The third-order valence-electron chi connectivity index (χ3n) is 5.33. The molecule has 1 atom stereocenters. The Kier molecular flexibility index (Phi) is 5.89. The molecule has 1 saturated heterocycles. The fourth-order valence-electron chi connectivity index (χ4n) is 3.73.